The molecule has 0 radical (unpaired) electrons. The van der Waals surface area contributed by atoms with Crippen molar-refractivity contribution in [3.8, 4) is 5.75 Å². The number of esters is 2. The van der Waals surface area contributed by atoms with Crippen LogP contribution >= 0.6 is 0 Å². The zero-order chi connectivity index (χ0) is 20.5. The molecule has 0 heterocycles. The molecule has 0 bridgehead atoms. The molecule has 0 saturated carbocycles. The fourth-order valence-corrected chi connectivity index (χ4v) is 2.50. The minimum Gasteiger partial charge on any atom is -0.497 e. The van der Waals surface area contributed by atoms with Crippen LogP contribution in [0.5, 0.6) is 5.75 Å². The van der Waals surface area contributed by atoms with E-state index in [4.69, 9.17) is 9.47 Å². The van der Waals surface area contributed by atoms with Crippen LogP contribution in [0.2, 0.25) is 0 Å². The molecule has 8 nitrogen and oxygen atoms in total. The average molecular weight is 386 g/mol. The fraction of sp³-hybridized carbons (Fsp3) is 0.250. The first-order valence-electron chi connectivity index (χ1n) is 8.47. The SMILES string of the molecule is COC(=O)c1ccc(C(=O)OC)c(NC(=O)NCCc2cccc(OC)c2)c1. The number of hydrogen-bond acceptors (Lipinski definition) is 6. The Kier molecular flexibility index (Phi) is 7.38. The first kappa shape index (κ1) is 20.8. The summed E-state index contributed by atoms with van der Waals surface area (Å²) in [7, 11) is 4.07. The Morgan fingerprint density at radius 3 is 2.36 bits per heavy atom. The van der Waals surface area contributed by atoms with Crippen LogP contribution in [0.15, 0.2) is 42.5 Å². The molecule has 2 aromatic carbocycles. The fourth-order valence-electron chi connectivity index (χ4n) is 2.50. The lowest BCUT2D eigenvalue weighted by Crippen LogP contribution is -2.31. The van der Waals surface area contributed by atoms with Crippen molar-refractivity contribution in [2.75, 3.05) is 33.2 Å². The van der Waals surface area contributed by atoms with Crippen LogP contribution in [0.1, 0.15) is 26.3 Å². The van der Waals surface area contributed by atoms with Gasteiger partial charge in [0.15, 0.2) is 0 Å². The van der Waals surface area contributed by atoms with E-state index < -0.39 is 18.0 Å². The van der Waals surface area contributed by atoms with Gasteiger partial charge in [0, 0.05) is 6.54 Å². The summed E-state index contributed by atoms with van der Waals surface area (Å²) in [4.78, 5) is 35.8. The number of urea groups is 1. The van der Waals surface area contributed by atoms with Crippen LogP contribution in [0.4, 0.5) is 10.5 Å². The van der Waals surface area contributed by atoms with E-state index in [1.54, 1.807) is 7.11 Å². The van der Waals surface area contributed by atoms with Gasteiger partial charge in [-0.2, -0.15) is 0 Å². The highest BCUT2D eigenvalue weighted by atomic mass is 16.5. The lowest BCUT2D eigenvalue weighted by Gasteiger charge is -2.12. The normalized spacial score (nSPS) is 9.96. The molecule has 0 spiro atoms. The highest BCUT2D eigenvalue weighted by molar-refractivity contribution is 6.03. The Morgan fingerprint density at radius 2 is 1.68 bits per heavy atom. The van der Waals surface area contributed by atoms with Gasteiger partial charge in [-0.25, -0.2) is 14.4 Å². The molecule has 0 unspecified atom stereocenters. The molecule has 0 saturated heterocycles. The van der Waals surface area contributed by atoms with E-state index in [9.17, 15) is 14.4 Å². The number of benzene rings is 2. The molecule has 0 atom stereocenters. The van der Waals surface area contributed by atoms with Gasteiger partial charge in [-0.1, -0.05) is 12.1 Å². The minimum absolute atomic E-state index is 0.123. The van der Waals surface area contributed by atoms with Gasteiger partial charge < -0.3 is 24.8 Å². The van der Waals surface area contributed by atoms with Crippen molar-refractivity contribution in [1.82, 2.24) is 5.32 Å². The van der Waals surface area contributed by atoms with Crippen molar-refractivity contribution < 1.29 is 28.6 Å². The molecule has 28 heavy (non-hydrogen) atoms. The smallest absolute Gasteiger partial charge is 0.339 e. The summed E-state index contributed by atoms with van der Waals surface area (Å²) >= 11 is 0. The van der Waals surface area contributed by atoms with Crippen molar-refractivity contribution >= 4 is 23.7 Å². The molecule has 0 fully saturated rings. The second-order valence-electron chi connectivity index (χ2n) is 5.73. The Hall–Kier alpha value is -3.55. The third kappa shape index (κ3) is 5.47. The van der Waals surface area contributed by atoms with Gasteiger partial charge in [0.05, 0.1) is 38.1 Å². The predicted molar refractivity (Wildman–Crippen MR) is 103 cm³/mol. The van der Waals surface area contributed by atoms with Crippen LogP contribution in [0, 0.1) is 0 Å². The van der Waals surface area contributed by atoms with Gasteiger partial charge in [-0.3, -0.25) is 0 Å². The molecule has 8 heteroatoms. The Bertz CT molecular complexity index is 866. The highest BCUT2D eigenvalue weighted by Gasteiger charge is 2.17. The maximum atomic E-state index is 12.2. The third-order valence-electron chi connectivity index (χ3n) is 3.93. The van der Waals surface area contributed by atoms with Crippen LogP contribution < -0.4 is 15.4 Å². The van der Waals surface area contributed by atoms with Gasteiger partial charge >= 0.3 is 18.0 Å². The number of ether oxygens (including phenoxy) is 3. The summed E-state index contributed by atoms with van der Waals surface area (Å²) in [5, 5.41) is 5.28. The van der Waals surface area contributed by atoms with Crippen LogP contribution in [0.3, 0.4) is 0 Å². The summed E-state index contributed by atoms with van der Waals surface area (Å²) in [5.41, 5.74) is 1.47. The largest absolute Gasteiger partial charge is 0.497 e. The number of anilines is 1. The molecule has 2 N–H and O–H groups in total. The number of methoxy groups -OCH3 is 3. The molecular formula is C20H22N2O6. The predicted octanol–water partition coefficient (Wildman–Crippen LogP) is 2.63. The van der Waals surface area contributed by atoms with Crippen molar-refractivity contribution in [3.63, 3.8) is 0 Å². The van der Waals surface area contributed by atoms with E-state index >= 15 is 0 Å². The van der Waals surface area contributed by atoms with E-state index in [1.165, 1.54) is 32.4 Å². The highest BCUT2D eigenvalue weighted by Crippen LogP contribution is 2.20. The quantitative estimate of drug-likeness (QED) is 0.709. The van der Waals surface area contributed by atoms with Gasteiger partial charge in [0.1, 0.15) is 5.75 Å². The molecule has 2 rings (SSSR count). The van der Waals surface area contributed by atoms with E-state index in [0.29, 0.717) is 13.0 Å². The monoisotopic (exact) mass is 386 g/mol. The van der Waals surface area contributed by atoms with E-state index in [0.717, 1.165) is 11.3 Å². The topological polar surface area (TPSA) is 103 Å². The summed E-state index contributed by atoms with van der Waals surface area (Å²) in [6, 6.07) is 11.2. The van der Waals surface area contributed by atoms with Crippen LogP contribution in [-0.4, -0.2) is 45.8 Å². The van der Waals surface area contributed by atoms with Gasteiger partial charge in [-0.15, -0.1) is 0 Å². The Morgan fingerprint density at radius 1 is 0.929 bits per heavy atom. The second-order valence-corrected chi connectivity index (χ2v) is 5.73. The first-order chi connectivity index (χ1) is 13.5. The third-order valence-corrected chi connectivity index (χ3v) is 3.93. The number of amides is 2. The van der Waals surface area contributed by atoms with E-state index in [2.05, 4.69) is 15.4 Å². The Labute approximate surface area is 162 Å². The van der Waals surface area contributed by atoms with Crippen molar-refractivity contribution in [2.24, 2.45) is 0 Å². The first-order valence-corrected chi connectivity index (χ1v) is 8.47. The zero-order valence-electron chi connectivity index (χ0n) is 15.9. The molecule has 2 amide bonds. The van der Waals surface area contributed by atoms with Crippen molar-refractivity contribution in [3.05, 3.63) is 59.2 Å². The molecule has 148 valence electrons. The number of carbonyl (C=O) groups is 3. The van der Waals surface area contributed by atoms with Crippen molar-refractivity contribution in [1.29, 1.82) is 0 Å². The van der Waals surface area contributed by atoms with Gasteiger partial charge in [-0.05, 0) is 42.3 Å². The lowest BCUT2D eigenvalue weighted by molar-refractivity contribution is 0.0587. The maximum absolute atomic E-state index is 12.2. The number of carbonyl (C=O) groups excluding carboxylic acids is 3. The van der Waals surface area contributed by atoms with Crippen LogP contribution in [0.25, 0.3) is 0 Å². The van der Waals surface area contributed by atoms with Crippen molar-refractivity contribution in [2.45, 2.75) is 6.42 Å². The molecule has 0 aliphatic carbocycles. The molecule has 0 aliphatic rings. The summed E-state index contributed by atoms with van der Waals surface area (Å²) < 4.78 is 14.5. The number of nitrogens with one attached hydrogen (secondary N) is 2. The lowest BCUT2D eigenvalue weighted by atomic mass is 10.1. The van der Waals surface area contributed by atoms with Gasteiger partial charge in [0.25, 0.3) is 0 Å². The molecule has 0 aromatic heterocycles. The number of rotatable bonds is 7. The molecular weight excluding hydrogens is 364 g/mol. The standard InChI is InChI=1S/C20H22N2O6/c1-26-15-6-4-5-13(11-15)9-10-21-20(25)22-17-12-14(18(23)27-2)7-8-16(17)19(24)28-3/h4-8,11-12H,9-10H2,1-3H3,(H2,21,22,25). The average Bonchev–Trinajstić information content (AvgIpc) is 2.72. The molecule has 0 aliphatic heterocycles. The number of hydrogen-bond donors (Lipinski definition) is 2. The summed E-state index contributed by atoms with van der Waals surface area (Å²) in [6.45, 7) is 0.364. The van der Waals surface area contributed by atoms with Gasteiger partial charge in [0.2, 0.25) is 0 Å². The summed E-state index contributed by atoms with van der Waals surface area (Å²) in [5.74, 6) is -0.481. The van der Waals surface area contributed by atoms with E-state index in [1.807, 2.05) is 24.3 Å². The second kappa shape index (κ2) is 9.96. The minimum atomic E-state index is -0.636. The maximum Gasteiger partial charge on any atom is 0.339 e. The molecule has 2 aromatic rings. The summed E-state index contributed by atoms with van der Waals surface area (Å²) in [6.07, 6.45) is 0.594. The van der Waals surface area contributed by atoms with Crippen LogP contribution in [-0.2, 0) is 15.9 Å². The zero-order valence-corrected chi connectivity index (χ0v) is 15.9. The van der Waals surface area contributed by atoms with E-state index in [-0.39, 0.29) is 16.8 Å². The Balaban J connectivity index is 2.04.